The molecule has 0 bridgehead atoms. The largest absolute Gasteiger partial charge is 0.392 e. The van der Waals surface area contributed by atoms with Gasteiger partial charge in [-0.2, -0.15) is 0 Å². The molecule has 0 spiro atoms. The molecule has 136 valence electrons. The van der Waals surface area contributed by atoms with E-state index < -0.39 is 0 Å². The first-order chi connectivity index (χ1) is 12.2. The Kier molecular flexibility index (Phi) is 6.10. The van der Waals surface area contributed by atoms with Crippen LogP contribution < -0.4 is 5.32 Å². The van der Waals surface area contributed by atoms with Gasteiger partial charge in [-0.15, -0.1) is 0 Å². The molecule has 1 aromatic heterocycles. The van der Waals surface area contributed by atoms with Crippen molar-refractivity contribution in [3.05, 3.63) is 36.0 Å². The molecule has 3 rings (SSSR count). The van der Waals surface area contributed by atoms with Crippen molar-refractivity contribution in [2.24, 2.45) is 0 Å². The highest BCUT2D eigenvalue weighted by atomic mass is 16.3. The van der Waals surface area contributed by atoms with E-state index in [0.29, 0.717) is 6.42 Å². The van der Waals surface area contributed by atoms with Gasteiger partial charge in [-0.3, -0.25) is 4.79 Å². The number of aryl methyl sites for hydroxylation is 1. The fraction of sp³-hybridized carbons (Fsp3) is 0.550. The zero-order valence-corrected chi connectivity index (χ0v) is 15.0. The molecular weight excluding hydrogens is 314 g/mol. The maximum Gasteiger partial charge on any atom is 0.220 e. The van der Waals surface area contributed by atoms with Gasteiger partial charge in [0.1, 0.15) is 0 Å². The van der Waals surface area contributed by atoms with E-state index in [2.05, 4.69) is 27.3 Å². The van der Waals surface area contributed by atoms with E-state index in [4.69, 9.17) is 0 Å². The zero-order chi connectivity index (χ0) is 17.6. The van der Waals surface area contributed by atoms with Crippen LogP contribution in [-0.2, 0) is 11.2 Å². The van der Waals surface area contributed by atoms with Gasteiger partial charge >= 0.3 is 0 Å². The Balaban J connectivity index is 1.41. The van der Waals surface area contributed by atoms with Crippen molar-refractivity contribution in [2.75, 3.05) is 19.6 Å². The fourth-order valence-electron chi connectivity index (χ4n) is 3.57. The van der Waals surface area contributed by atoms with E-state index in [1.165, 1.54) is 10.9 Å². The number of hydrogen-bond acceptors (Lipinski definition) is 3. The molecule has 1 saturated heterocycles. The number of aliphatic hydroxyl groups excluding tert-OH is 1. The number of para-hydroxylation sites is 1. The van der Waals surface area contributed by atoms with Gasteiger partial charge in [-0.25, -0.2) is 0 Å². The molecule has 2 aromatic rings. The predicted molar refractivity (Wildman–Crippen MR) is 101 cm³/mol. The number of fused-ring (bicyclic) bond motifs is 1. The van der Waals surface area contributed by atoms with Crippen molar-refractivity contribution in [1.82, 2.24) is 15.2 Å². The topological polar surface area (TPSA) is 68.4 Å². The number of piperidine rings is 1. The smallest absolute Gasteiger partial charge is 0.220 e. The zero-order valence-electron chi connectivity index (χ0n) is 15.0. The second kappa shape index (κ2) is 8.50. The van der Waals surface area contributed by atoms with Gasteiger partial charge in [-0.05, 0) is 37.3 Å². The molecule has 0 aliphatic carbocycles. The number of amides is 1. The minimum atomic E-state index is -0.234. The van der Waals surface area contributed by atoms with Crippen molar-refractivity contribution in [2.45, 2.75) is 51.2 Å². The molecule has 1 aliphatic heterocycles. The standard InChI is InChI=1S/C20H29N3O2/c1-2-17(24)14-23-11-9-16(10-12-23)22-20(25)8-7-15-13-21-19-6-4-3-5-18(15)19/h3-6,13,16-17,21,24H,2,7-12,14H2,1H3,(H,22,25)/t17-/m0/s1. The van der Waals surface area contributed by atoms with E-state index in [-0.39, 0.29) is 18.1 Å². The number of carbonyl (C=O) groups is 1. The average molecular weight is 343 g/mol. The number of nitrogens with zero attached hydrogens (tertiary/aromatic N) is 1. The van der Waals surface area contributed by atoms with E-state index >= 15 is 0 Å². The van der Waals surface area contributed by atoms with Crippen LogP contribution in [0.4, 0.5) is 0 Å². The summed E-state index contributed by atoms with van der Waals surface area (Å²) in [5.74, 6) is 0.136. The quantitative estimate of drug-likeness (QED) is 0.723. The molecule has 3 N–H and O–H groups in total. The lowest BCUT2D eigenvalue weighted by Gasteiger charge is -2.33. The van der Waals surface area contributed by atoms with Crippen LogP contribution >= 0.6 is 0 Å². The van der Waals surface area contributed by atoms with Crippen LogP contribution in [0.3, 0.4) is 0 Å². The molecule has 25 heavy (non-hydrogen) atoms. The number of likely N-dealkylation sites (tertiary alicyclic amines) is 1. The molecule has 5 nitrogen and oxygen atoms in total. The van der Waals surface area contributed by atoms with Crippen molar-refractivity contribution in [3.8, 4) is 0 Å². The van der Waals surface area contributed by atoms with E-state index in [1.54, 1.807) is 0 Å². The number of nitrogens with one attached hydrogen (secondary N) is 2. The van der Waals surface area contributed by atoms with Crippen molar-refractivity contribution < 1.29 is 9.90 Å². The summed E-state index contributed by atoms with van der Waals surface area (Å²) in [4.78, 5) is 17.8. The van der Waals surface area contributed by atoms with E-state index in [0.717, 1.165) is 50.8 Å². The number of β-amino-alcohol motifs (C(OH)–C–C–N with tert-alkyl or cyclic N) is 1. The third-order valence-electron chi connectivity index (χ3n) is 5.19. The molecule has 2 heterocycles. The second-order valence-corrected chi connectivity index (χ2v) is 7.06. The Morgan fingerprint density at radius 2 is 2.12 bits per heavy atom. The van der Waals surface area contributed by atoms with Crippen LogP contribution in [0.2, 0.25) is 0 Å². The van der Waals surface area contributed by atoms with Gasteiger partial charge in [0.15, 0.2) is 0 Å². The number of carbonyl (C=O) groups excluding carboxylic acids is 1. The van der Waals surface area contributed by atoms with Crippen LogP contribution in [0, 0.1) is 0 Å². The molecule has 1 aliphatic rings. The summed E-state index contributed by atoms with van der Waals surface area (Å²) >= 11 is 0. The van der Waals surface area contributed by atoms with Gasteiger partial charge in [0.25, 0.3) is 0 Å². The number of rotatable bonds is 7. The summed E-state index contributed by atoms with van der Waals surface area (Å²) in [6.45, 7) is 4.65. The van der Waals surface area contributed by atoms with Crippen LogP contribution in [0.25, 0.3) is 10.9 Å². The van der Waals surface area contributed by atoms with Crippen molar-refractivity contribution >= 4 is 16.8 Å². The van der Waals surface area contributed by atoms with Gasteiger partial charge in [0.2, 0.25) is 5.91 Å². The van der Waals surface area contributed by atoms with E-state index in [9.17, 15) is 9.90 Å². The Hall–Kier alpha value is -1.85. The first-order valence-electron chi connectivity index (χ1n) is 9.40. The average Bonchev–Trinajstić information content (AvgIpc) is 3.05. The maximum absolute atomic E-state index is 12.3. The van der Waals surface area contributed by atoms with Gasteiger partial charge < -0.3 is 20.3 Å². The third kappa shape index (κ3) is 4.83. The second-order valence-electron chi connectivity index (χ2n) is 7.06. The van der Waals surface area contributed by atoms with Gasteiger partial charge in [0, 0.05) is 49.2 Å². The predicted octanol–water partition coefficient (Wildman–Crippen LogP) is 2.45. The highest BCUT2D eigenvalue weighted by Gasteiger charge is 2.21. The Morgan fingerprint density at radius 3 is 2.88 bits per heavy atom. The molecule has 5 heteroatoms. The lowest BCUT2D eigenvalue weighted by Crippen LogP contribution is -2.46. The number of H-pyrrole nitrogens is 1. The molecule has 0 radical (unpaired) electrons. The van der Waals surface area contributed by atoms with Gasteiger partial charge in [0.05, 0.1) is 6.10 Å². The number of hydrogen-bond donors (Lipinski definition) is 3. The Labute approximate surface area is 149 Å². The number of benzene rings is 1. The normalized spacial score (nSPS) is 17.7. The van der Waals surface area contributed by atoms with Crippen molar-refractivity contribution in [1.29, 1.82) is 0 Å². The molecule has 1 amide bonds. The minimum Gasteiger partial charge on any atom is -0.392 e. The summed E-state index contributed by atoms with van der Waals surface area (Å²) in [5, 5.41) is 14.1. The molecule has 0 unspecified atom stereocenters. The summed E-state index contributed by atoms with van der Waals surface area (Å²) in [5.41, 5.74) is 2.33. The van der Waals surface area contributed by atoms with E-state index in [1.807, 2.05) is 25.3 Å². The lowest BCUT2D eigenvalue weighted by molar-refractivity contribution is -0.122. The minimum absolute atomic E-state index is 0.136. The Bertz CT molecular complexity index is 689. The lowest BCUT2D eigenvalue weighted by atomic mass is 10.0. The summed E-state index contributed by atoms with van der Waals surface area (Å²) in [7, 11) is 0. The highest BCUT2D eigenvalue weighted by molar-refractivity contribution is 5.84. The molecule has 1 atom stereocenters. The van der Waals surface area contributed by atoms with Crippen molar-refractivity contribution in [3.63, 3.8) is 0 Å². The Morgan fingerprint density at radius 1 is 1.36 bits per heavy atom. The SMILES string of the molecule is CC[C@H](O)CN1CCC(NC(=O)CCc2c[nH]c3ccccc23)CC1. The molecular formula is C20H29N3O2. The van der Waals surface area contributed by atoms with Crippen LogP contribution in [0.1, 0.15) is 38.2 Å². The molecule has 1 aromatic carbocycles. The number of aliphatic hydroxyl groups is 1. The number of aromatic nitrogens is 1. The first-order valence-corrected chi connectivity index (χ1v) is 9.40. The highest BCUT2D eigenvalue weighted by Crippen LogP contribution is 2.19. The number of aromatic amines is 1. The van der Waals surface area contributed by atoms with Crippen LogP contribution in [0.15, 0.2) is 30.5 Å². The first kappa shape index (κ1) is 18.0. The maximum atomic E-state index is 12.3. The van der Waals surface area contributed by atoms with Gasteiger partial charge in [-0.1, -0.05) is 25.1 Å². The monoisotopic (exact) mass is 343 g/mol. The summed E-state index contributed by atoms with van der Waals surface area (Å²) < 4.78 is 0. The molecule has 1 fully saturated rings. The third-order valence-corrected chi connectivity index (χ3v) is 5.19. The fourth-order valence-corrected chi connectivity index (χ4v) is 3.57. The summed E-state index contributed by atoms with van der Waals surface area (Å²) in [6, 6.07) is 8.47. The molecule has 0 saturated carbocycles. The van der Waals surface area contributed by atoms with Crippen LogP contribution in [-0.4, -0.2) is 52.7 Å². The van der Waals surface area contributed by atoms with Crippen LogP contribution in [0.5, 0.6) is 0 Å². The summed E-state index contributed by atoms with van der Waals surface area (Å²) in [6.07, 6.45) is 5.79.